The van der Waals surface area contributed by atoms with Crippen LogP contribution in [0.4, 0.5) is 23.0 Å². The number of aromatic nitrogens is 2. The summed E-state index contributed by atoms with van der Waals surface area (Å²) in [6, 6.07) is 13.8. The Balaban J connectivity index is 2.46. The molecule has 0 atom stereocenters. The van der Waals surface area contributed by atoms with E-state index in [9.17, 15) is 0 Å². The van der Waals surface area contributed by atoms with Gasteiger partial charge in [0.1, 0.15) is 25.1 Å². The second-order valence-corrected chi connectivity index (χ2v) is 4.69. The molecule has 0 aliphatic heterocycles. The van der Waals surface area contributed by atoms with Crippen LogP contribution in [-0.2, 0) is 0 Å². The molecule has 0 bridgehead atoms. The number of hydrogen-bond donors (Lipinski definition) is 1. The van der Waals surface area contributed by atoms with Gasteiger partial charge in [-0.3, -0.25) is 0 Å². The number of nitrogen functional groups attached to an aromatic ring is 1. The van der Waals surface area contributed by atoms with Crippen molar-refractivity contribution in [3.63, 3.8) is 0 Å². The average molecular weight is 307 g/mol. The van der Waals surface area contributed by atoms with E-state index in [2.05, 4.69) is 9.97 Å². The Kier molecular flexibility index (Phi) is 5.32. The van der Waals surface area contributed by atoms with Crippen LogP contribution in [0, 0.1) is 22.7 Å². The Morgan fingerprint density at radius 2 is 1.65 bits per heavy atom. The van der Waals surface area contributed by atoms with Crippen molar-refractivity contribution in [3.05, 3.63) is 36.7 Å². The maximum atomic E-state index is 8.92. The van der Waals surface area contributed by atoms with E-state index in [1.54, 1.807) is 0 Å². The van der Waals surface area contributed by atoms with Crippen molar-refractivity contribution in [2.45, 2.75) is 6.92 Å². The van der Waals surface area contributed by atoms with E-state index in [0.29, 0.717) is 23.9 Å². The summed E-state index contributed by atoms with van der Waals surface area (Å²) in [6.07, 6.45) is 1.40. The van der Waals surface area contributed by atoms with Gasteiger partial charge in [-0.15, -0.1) is 0 Å². The van der Waals surface area contributed by atoms with Gasteiger partial charge in [0.25, 0.3) is 0 Å². The third-order valence-corrected chi connectivity index (χ3v) is 3.30. The maximum Gasteiger partial charge on any atom is 0.161 e. The molecule has 0 saturated carbocycles. The minimum absolute atomic E-state index is 0.0334. The highest BCUT2D eigenvalue weighted by atomic mass is 15.3. The molecule has 23 heavy (non-hydrogen) atoms. The molecule has 0 radical (unpaired) electrons. The number of rotatable bonds is 6. The predicted molar refractivity (Wildman–Crippen MR) is 89.0 cm³/mol. The quantitative estimate of drug-likeness (QED) is 0.814. The molecule has 2 aromatic rings. The molecule has 7 heteroatoms. The lowest BCUT2D eigenvalue weighted by molar-refractivity contribution is 0.916. The van der Waals surface area contributed by atoms with Crippen LogP contribution in [0.15, 0.2) is 36.7 Å². The van der Waals surface area contributed by atoms with Gasteiger partial charge in [0, 0.05) is 12.2 Å². The van der Waals surface area contributed by atoms with Crippen LogP contribution in [0.5, 0.6) is 0 Å². The van der Waals surface area contributed by atoms with Gasteiger partial charge < -0.3 is 15.5 Å². The molecule has 2 rings (SSSR count). The van der Waals surface area contributed by atoms with Gasteiger partial charge in [-0.05, 0) is 19.1 Å². The van der Waals surface area contributed by atoms with Gasteiger partial charge in [-0.25, -0.2) is 9.97 Å². The van der Waals surface area contributed by atoms with Crippen LogP contribution < -0.4 is 15.5 Å². The predicted octanol–water partition coefficient (Wildman–Crippen LogP) is 2.07. The van der Waals surface area contributed by atoms with E-state index in [-0.39, 0.29) is 13.1 Å². The van der Waals surface area contributed by atoms with Crippen molar-refractivity contribution in [2.24, 2.45) is 0 Å². The number of anilines is 4. The van der Waals surface area contributed by atoms with E-state index in [1.165, 1.54) is 11.2 Å². The summed E-state index contributed by atoms with van der Waals surface area (Å²) in [5.41, 5.74) is 7.54. The molecule has 116 valence electrons. The third kappa shape index (κ3) is 3.47. The molecule has 0 saturated heterocycles. The first-order valence-corrected chi connectivity index (χ1v) is 7.14. The van der Waals surface area contributed by atoms with Crippen molar-refractivity contribution in [1.82, 2.24) is 9.97 Å². The Morgan fingerprint density at radius 3 is 2.22 bits per heavy atom. The Bertz CT molecular complexity index is 714. The lowest BCUT2D eigenvalue weighted by atomic mass is 10.2. The van der Waals surface area contributed by atoms with Gasteiger partial charge in [0.2, 0.25) is 0 Å². The molecule has 0 amide bonds. The molecule has 0 unspecified atom stereocenters. The molecular weight excluding hydrogens is 290 g/mol. The maximum absolute atomic E-state index is 8.92. The van der Waals surface area contributed by atoms with E-state index >= 15 is 0 Å². The molecular formula is C16H17N7. The second-order valence-electron chi connectivity index (χ2n) is 4.69. The molecule has 0 fully saturated rings. The lowest BCUT2D eigenvalue weighted by Crippen LogP contribution is -2.27. The van der Waals surface area contributed by atoms with Gasteiger partial charge in [-0.2, -0.15) is 10.5 Å². The van der Waals surface area contributed by atoms with Crippen molar-refractivity contribution < 1.29 is 0 Å². The number of para-hydroxylation sites is 1. The van der Waals surface area contributed by atoms with Crippen LogP contribution in [0.3, 0.4) is 0 Å². The topological polar surface area (TPSA) is 106 Å². The van der Waals surface area contributed by atoms with E-state index in [0.717, 1.165) is 5.69 Å². The fourth-order valence-corrected chi connectivity index (χ4v) is 2.28. The standard InChI is InChI=1S/C16H17N7/c1-2-23(13-6-4-3-5-7-13)16-14(19)15(20-12-21-16)22(10-8-17)11-9-18/h3-7,12H,2,10-11,19H2,1H3. The summed E-state index contributed by atoms with van der Waals surface area (Å²) in [4.78, 5) is 11.9. The molecule has 0 aliphatic rings. The van der Waals surface area contributed by atoms with Crippen molar-refractivity contribution in [3.8, 4) is 12.1 Å². The SMILES string of the molecule is CCN(c1ccccc1)c1ncnc(N(CC#N)CC#N)c1N. The van der Waals surface area contributed by atoms with Gasteiger partial charge >= 0.3 is 0 Å². The number of nitriles is 2. The number of benzene rings is 1. The number of nitrogens with two attached hydrogens (primary N) is 1. The first kappa shape index (κ1) is 16.1. The Labute approximate surface area is 135 Å². The molecule has 2 N–H and O–H groups in total. The third-order valence-electron chi connectivity index (χ3n) is 3.30. The van der Waals surface area contributed by atoms with Crippen LogP contribution >= 0.6 is 0 Å². The zero-order chi connectivity index (χ0) is 16.7. The summed E-state index contributed by atoms with van der Waals surface area (Å²) in [6.45, 7) is 2.73. The summed E-state index contributed by atoms with van der Waals surface area (Å²) in [7, 11) is 0. The van der Waals surface area contributed by atoms with Crippen LogP contribution in [-0.4, -0.2) is 29.6 Å². The highest BCUT2D eigenvalue weighted by Crippen LogP contribution is 2.32. The molecule has 1 aromatic carbocycles. The summed E-state index contributed by atoms with van der Waals surface area (Å²) >= 11 is 0. The summed E-state index contributed by atoms with van der Waals surface area (Å²) in [5, 5.41) is 17.8. The van der Waals surface area contributed by atoms with Gasteiger partial charge in [0.15, 0.2) is 11.6 Å². The molecule has 1 aromatic heterocycles. The number of hydrogen-bond acceptors (Lipinski definition) is 7. The number of nitrogens with zero attached hydrogens (tertiary/aromatic N) is 6. The smallest absolute Gasteiger partial charge is 0.161 e. The fraction of sp³-hybridized carbons (Fsp3) is 0.250. The van der Waals surface area contributed by atoms with Crippen LogP contribution in [0.25, 0.3) is 0 Å². The summed E-state index contributed by atoms with van der Waals surface area (Å²) < 4.78 is 0. The van der Waals surface area contributed by atoms with E-state index in [4.69, 9.17) is 16.3 Å². The molecule has 7 nitrogen and oxygen atoms in total. The Morgan fingerprint density at radius 1 is 1.04 bits per heavy atom. The molecule has 0 aliphatic carbocycles. The highest BCUT2D eigenvalue weighted by Gasteiger charge is 2.19. The minimum atomic E-state index is 0.0334. The monoisotopic (exact) mass is 307 g/mol. The summed E-state index contributed by atoms with van der Waals surface area (Å²) in [5.74, 6) is 0.956. The van der Waals surface area contributed by atoms with E-state index < -0.39 is 0 Å². The normalized spacial score (nSPS) is 9.70. The first-order chi connectivity index (χ1) is 11.2. The second kappa shape index (κ2) is 7.62. The fourth-order valence-electron chi connectivity index (χ4n) is 2.28. The first-order valence-electron chi connectivity index (χ1n) is 7.14. The Hall–Kier alpha value is -3.32. The molecule has 1 heterocycles. The van der Waals surface area contributed by atoms with Crippen molar-refractivity contribution in [2.75, 3.05) is 35.2 Å². The zero-order valence-electron chi connectivity index (χ0n) is 12.8. The van der Waals surface area contributed by atoms with Crippen molar-refractivity contribution in [1.29, 1.82) is 10.5 Å². The van der Waals surface area contributed by atoms with Gasteiger partial charge in [-0.1, -0.05) is 18.2 Å². The molecule has 0 spiro atoms. The van der Waals surface area contributed by atoms with E-state index in [1.807, 2.05) is 54.3 Å². The van der Waals surface area contributed by atoms with Crippen molar-refractivity contribution >= 4 is 23.0 Å². The van der Waals surface area contributed by atoms with Gasteiger partial charge in [0.05, 0.1) is 12.1 Å². The lowest BCUT2D eigenvalue weighted by Gasteiger charge is -2.26. The minimum Gasteiger partial charge on any atom is -0.393 e. The zero-order valence-corrected chi connectivity index (χ0v) is 12.8. The highest BCUT2D eigenvalue weighted by molar-refractivity contribution is 5.79. The van der Waals surface area contributed by atoms with Crippen LogP contribution in [0.1, 0.15) is 6.92 Å². The average Bonchev–Trinajstić information content (AvgIpc) is 2.58. The van der Waals surface area contributed by atoms with Crippen LogP contribution in [0.2, 0.25) is 0 Å². The largest absolute Gasteiger partial charge is 0.393 e.